The van der Waals surface area contributed by atoms with Crippen LogP contribution < -0.4 is 10.6 Å². The van der Waals surface area contributed by atoms with Gasteiger partial charge in [-0.3, -0.25) is 4.90 Å². The van der Waals surface area contributed by atoms with Gasteiger partial charge in [0.1, 0.15) is 6.04 Å². The lowest BCUT2D eigenvalue weighted by atomic mass is 9.65. The number of ether oxygens (including phenoxy) is 3. The van der Waals surface area contributed by atoms with Crippen LogP contribution in [0.5, 0.6) is 0 Å². The average molecular weight is 760 g/mol. The SMILES string of the molecule is COC(=O)[C@H](Cc1ccccc1)NC(=O)NCc1cccc(-c2cccc([C@H]3O[C@@H](CN4CC5(C)CC4CC(C)(C)C5)[C@@H](C)[C@@H](c4ccc(CO)cc4)O3)c2)c1. The zero-order valence-corrected chi connectivity index (χ0v) is 33.4. The van der Waals surface area contributed by atoms with Crippen LogP contribution in [-0.4, -0.2) is 60.4 Å². The van der Waals surface area contributed by atoms with Crippen LogP contribution in [0.3, 0.4) is 0 Å². The number of benzene rings is 4. The molecule has 7 atom stereocenters. The molecule has 7 rings (SSSR count). The van der Waals surface area contributed by atoms with Gasteiger partial charge in [0.25, 0.3) is 0 Å². The number of rotatable bonds is 12. The number of esters is 1. The van der Waals surface area contributed by atoms with Crippen molar-refractivity contribution in [1.82, 2.24) is 15.5 Å². The Bertz CT molecular complexity index is 1970. The number of urea groups is 1. The maximum absolute atomic E-state index is 13.0. The van der Waals surface area contributed by atoms with Crippen molar-refractivity contribution >= 4 is 12.0 Å². The van der Waals surface area contributed by atoms with E-state index in [9.17, 15) is 14.7 Å². The third-order valence-electron chi connectivity index (χ3n) is 12.0. The van der Waals surface area contributed by atoms with Crippen molar-refractivity contribution in [3.05, 3.63) is 131 Å². The molecular weight excluding hydrogens is 703 g/mol. The number of aliphatic hydroxyl groups is 1. The molecule has 0 spiro atoms. The van der Waals surface area contributed by atoms with Gasteiger partial charge in [0.15, 0.2) is 6.29 Å². The maximum Gasteiger partial charge on any atom is 0.328 e. The van der Waals surface area contributed by atoms with Crippen molar-refractivity contribution in [2.24, 2.45) is 16.7 Å². The Morgan fingerprint density at radius 2 is 1.57 bits per heavy atom. The molecule has 56 heavy (non-hydrogen) atoms. The van der Waals surface area contributed by atoms with Crippen LogP contribution in [0.25, 0.3) is 11.1 Å². The lowest BCUT2D eigenvalue weighted by Crippen LogP contribution is -2.47. The Labute approximate surface area is 331 Å². The predicted molar refractivity (Wildman–Crippen MR) is 217 cm³/mol. The number of likely N-dealkylation sites (tertiary alicyclic amines) is 1. The third kappa shape index (κ3) is 9.35. The van der Waals surface area contributed by atoms with Gasteiger partial charge in [0.2, 0.25) is 0 Å². The number of hydrogen-bond acceptors (Lipinski definition) is 7. The standard InChI is InChI=1S/C47H57N3O6/c1-31-41(27-50-30-47(4)25-39(50)24-46(2,3)29-47)55-44(56-42(31)35-19-17-33(28-51)18-20-35)38-16-10-15-37(23-38)36-14-9-13-34(21-36)26-48-45(53)49-40(43(52)54-5)22-32-11-7-6-8-12-32/h6-21,23,31,39-42,44,51H,22,24-30H2,1-5H3,(H2,48,49,53)/t31-,39?,40+,41+,42+,44+,47?/m1/s1. The highest BCUT2D eigenvalue weighted by molar-refractivity contribution is 5.83. The van der Waals surface area contributed by atoms with E-state index in [-0.39, 0.29) is 31.3 Å². The molecule has 4 aromatic rings. The summed E-state index contributed by atoms with van der Waals surface area (Å²) in [5.41, 5.74) is 7.42. The van der Waals surface area contributed by atoms with Crippen molar-refractivity contribution < 1.29 is 28.9 Å². The molecule has 9 heteroatoms. The number of fused-ring (bicyclic) bond motifs is 2. The summed E-state index contributed by atoms with van der Waals surface area (Å²) in [7, 11) is 1.32. The molecule has 3 fully saturated rings. The number of carbonyl (C=O) groups is 2. The number of aliphatic hydroxyl groups excluding tert-OH is 1. The predicted octanol–water partition coefficient (Wildman–Crippen LogP) is 8.12. The second kappa shape index (κ2) is 16.9. The Morgan fingerprint density at radius 1 is 0.857 bits per heavy atom. The molecule has 3 aliphatic rings. The minimum absolute atomic E-state index is 0.00303. The molecule has 1 saturated carbocycles. The van der Waals surface area contributed by atoms with Gasteiger partial charge < -0.3 is 30.0 Å². The molecule has 4 aromatic carbocycles. The Balaban J connectivity index is 1.07. The van der Waals surface area contributed by atoms with Crippen LogP contribution in [0.2, 0.25) is 0 Å². The van der Waals surface area contributed by atoms with E-state index in [4.69, 9.17) is 14.2 Å². The highest BCUT2D eigenvalue weighted by Crippen LogP contribution is 2.53. The van der Waals surface area contributed by atoms with E-state index >= 15 is 0 Å². The average Bonchev–Trinajstić information content (AvgIpc) is 3.44. The molecule has 2 saturated heterocycles. The first-order valence-corrected chi connectivity index (χ1v) is 20.0. The van der Waals surface area contributed by atoms with Crippen LogP contribution in [0.4, 0.5) is 4.79 Å². The summed E-state index contributed by atoms with van der Waals surface area (Å²) in [5, 5.41) is 15.4. The van der Waals surface area contributed by atoms with Gasteiger partial charge in [-0.05, 0) is 75.6 Å². The van der Waals surface area contributed by atoms with E-state index in [0.29, 0.717) is 23.3 Å². The lowest BCUT2D eigenvalue weighted by Gasteiger charge is -2.43. The van der Waals surface area contributed by atoms with Gasteiger partial charge >= 0.3 is 12.0 Å². The van der Waals surface area contributed by atoms with Gasteiger partial charge in [0, 0.05) is 43.6 Å². The lowest BCUT2D eigenvalue weighted by molar-refractivity contribution is -0.276. The number of carbonyl (C=O) groups excluding carboxylic acids is 2. The Hall–Kier alpha value is -4.54. The number of nitrogens with zero attached hydrogens (tertiary/aromatic N) is 1. The number of nitrogens with one attached hydrogen (secondary N) is 2. The Kier molecular flexibility index (Phi) is 12.0. The van der Waals surface area contributed by atoms with Crippen LogP contribution in [-0.2, 0) is 38.6 Å². The van der Waals surface area contributed by atoms with Crippen molar-refractivity contribution in [2.45, 2.75) is 97.1 Å². The first-order valence-electron chi connectivity index (χ1n) is 20.0. The van der Waals surface area contributed by atoms with E-state index in [1.165, 1.54) is 26.4 Å². The van der Waals surface area contributed by atoms with Gasteiger partial charge in [-0.2, -0.15) is 0 Å². The quantitative estimate of drug-likeness (QED) is 0.125. The fraction of sp³-hybridized carbons (Fsp3) is 0.447. The molecule has 0 aromatic heterocycles. The largest absolute Gasteiger partial charge is 0.467 e. The van der Waals surface area contributed by atoms with Gasteiger partial charge in [-0.25, -0.2) is 9.59 Å². The first-order chi connectivity index (χ1) is 26.9. The summed E-state index contributed by atoms with van der Waals surface area (Å²) >= 11 is 0. The monoisotopic (exact) mass is 759 g/mol. The molecule has 2 unspecified atom stereocenters. The summed E-state index contributed by atoms with van der Waals surface area (Å²) < 4.78 is 18.8. The van der Waals surface area contributed by atoms with Crippen LogP contribution in [0.1, 0.15) is 87.2 Å². The topological polar surface area (TPSA) is 109 Å². The van der Waals surface area contributed by atoms with Crippen LogP contribution in [0, 0.1) is 16.7 Å². The fourth-order valence-electron chi connectivity index (χ4n) is 9.65. The summed E-state index contributed by atoms with van der Waals surface area (Å²) in [4.78, 5) is 28.1. The van der Waals surface area contributed by atoms with Crippen molar-refractivity contribution in [3.63, 3.8) is 0 Å². The van der Waals surface area contributed by atoms with Gasteiger partial charge in [-0.1, -0.05) is 119 Å². The van der Waals surface area contributed by atoms with E-state index in [0.717, 1.165) is 52.0 Å². The van der Waals surface area contributed by atoms with E-state index in [1.807, 2.05) is 60.7 Å². The maximum atomic E-state index is 13.0. The second-order valence-electron chi connectivity index (χ2n) is 17.4. The van der Waals surface area contributed by atoms with E-state index in [1.54, 1.807) is 0 Å². The molecule has 296 valence electrons. The van der Waals surface area contributed by atoms with E-state index in [2.05, 4.69) is 85.7 Å². The molecular formula is C47H57N3O6. The molecule has 1 aliphatic carbocycles. The summed E-state index contributed by atoms with van der Waals surface area (Å²) in [6, 6.07) is 33.3. The summed E-state index contributed by atoms with van der Waals surface area (Å²) in [5.74, 6) is -0.390. The van der Waals surface area contributed by atoms with Crippen molar-refractivity contribution in [1.29, 1.82) is 0 Å². The summed E-state index contributed by atoms with van der Waals surface area (Å²) in [6.45, 7) is 11.8. The Morgan fingerprint density at radius 3 is 2.30 bits per heavy atom. The van der Waals surface area contributed by atoms with E-state index < -0.39 is 24.3 Å². The number of amides is 2. The minimum atomic E-state index is -0.812. The molecule has 2 aliphatic heterocycles. The second-order valence-corrected chi connectivity index (χ2v) is 17.4. The van der Waals surface area contributed by atoms with Gasteiger partial charge in [0.05, 0.1) is 25.9 Å². The summed E-state index contributed by atoms with van der Waals surface area (Å²) in [6.07, 6.45) is 3.23. The number of methoxy groups -OCH3 is 1. The minimum Gasteiger partial charge on any atom is -0.467 e. The molecule has 0 radical (unpaired) electrons. The van der Waals surface area contributed by atoms with Gasteiger partial charge in [-0.15, -0.1) is 0 Å². The molecule has 2 amide bonds. The third-order valence-corrected chi connectivity index (χ3v) is 12.0. The highest BCUT2D eigenvalue weighted by Gasteiger charge is 2.51. The zero-order valence-electron chi connectivity index (χ0n) is 33.4. The normalized spacial score (nSPS) is 26.3. The van der Waals surface area contributed by atoms with Crippen molar-refractivity contribution in [3.8, 4) is 11.1 Å². The number of hydrogen-bond donors (Lipinski definition) is 3. The van der Waals surface area contributed by atoms with Crippen LogP contribution >= 0.6 is 0 Å². The molecule has 9 nitrogen and oxygen atoms in total. The molecule has 2 heterocycles. The zero-order chi connectivity index (χ0) is 39.5. The first kappa shape index (κ1) is 39.7. The van der Waals surface area contributed by atoms with Crippen LogP contribution in [0.15, 0.2) is 103 Å². The van der Waals surface area contributed by atoms with Crippen molar-refractivity contribution in [2.75, 3.05) is 20.2 Å². The molecule has 3 N–H and O–H groups in total. The highest BCUT2D eigenvalue weighted by atomic mass is 16.7. The molecule has 2 bridgehead atoms. The smallest absolute Gasteiger partial charge is 0.328 e. The fourth-order valence-corrected chi connectivity index (χ4v) is 9.65.